The Morgan fingerprint density at radius 2 is 1.94 bits per heavy atom. The summed E-state index contributed by atoms with van der Waals surface area (Å²) in [5.74, 6) is -1.93. The molecule has 0 aliphatic carbocycles. The Hall–Kier alpha value is -1.79. The molecule has 0 aliphatic rings. The number of aliphatic carboxylic acids is 1. The first kappa shape index (κ1) is 14.3. The Labute approximate surface area is 104 Å². The van der Waals surface area contributed by atoms with E-state index in [0.29, 0.717) is 5.56 Å². The number of carbonyl (C=O) groups is 1. The zero-order chi connectivity index (χ0) is 13.5. The van der Waals surface area contributed by atoms with E-state index in [4.69, 9.17) is 10.8 Å². The third-order valence-electron chi connectivity index (χ3n) is 2.83. The van der Waals surface area contributed by atoms with Gasteiger partial charge in [0.2, 0.25) is 0 Å². The van der Waals surface area contributed by atoms with Crippen LogP contribution in [0.5, 0.6) is 0 Å². The monoisotopic (exact) mass is 252 g/mol. The summed E-state index contributed by atoms with van der Waals surface area (Å²) in [6, 6.07) is 7.64. The maximum Gasteiger partial charge on any atom is 0.303 e. The summed E-state index contributed by atoms with van der Waals surface area (Å²) in [5.41, 5.74) is 5.93. The predicted molar refractivity (Wildman–Crippen MR) is 65.8 cm³/mol. The van der Waals surface area contributed by atoms with Crippen molar-refractivity contribution in [2.75, 3.05) is 6.54 Å². The molecule has 0 saturated heterocycles. The lowest BCUT2D eigenvalue weighted by Gasteiger charge is -2.24. The number of rotatable bonds is 7. The molecule has 0 bridgehead atoms. The smallest absolute Gasteiger partial charge is 0.303 e. The Morgan fingerprint density at radius 1 is 1.33 bits per heavy atom. The van der Waals surface area contributed by atoms with Crippen LogP contribution in [0.1, 0.15) is 18.1 Å². The van der Waals surface area contributed by atoms with Crippen molar-refractivity contribution < 1.29 is 15.0 Å². The van der Waals surface area contributed by atoms with Gasteiger partial charge < -0.3 is 15.9 Å². The van der Waals surface area contributed by atoms with E-state index in [2.05, 4.69) is 5.18 Å². The molecule has 0 saturated carbocycles. The van der Waals surface area contributed by atoms with E-state index in [0.717, 1.165) is 0 Å². The van der Waals surface area contributed by atoms with E-state index >= 15 is 0 Å². The van der Waals surface area contributed by atoms with Crippen LogP contribution < -0.4 is 5.73 Å². The van der Waals surface area contributed by atoms with Crippen LogP contribution in [-0.4, -0.2) is 28.8 Å². The Balaban J connectivity index is 2.95. The highest BCUT2D eigenvalue weighted by Gasteiger charge is 2.31. The summed E-state index contributed by atoms with van der Waals surface area (Å²) in [7, 11) is 0. The summed E-state index contributed by atoms with van der Waals surface area (Å²) in [6.07, 6.45) is -1.43. The standard InChI is InChI=1S/C12H16N2O4/c13-7-10(14-18)9(6-11(15)16)12(17)8-4-2-1-3-5-8/h1-5,9-10,12,17H,6-7,13H2,(H,15,16). The number of nitrogens with zero attached hydrogens (tertiary/aromatic N) is 1. The van der Waals surface area contributed by atoms with Crippen molar-refractivity contribution in [3.8, 4) is 0 Å². The minimum absolute atomic E-state index is 0.0919. The first-order valence-electron chi connectivity index (χ1n) is 5.57. The lowest BCUT2D eigenvalue weighted by atomic mass is 9.87. The fourth-order valence-electron chi connectivity index (χ4n) is 1.85. The van der Waals surface area contributed by atoms with Gasteiger partial charge in [-0.15, -0.1) is 0 Å². The molecule has 98 valence electrons. The largest absolute Gasteiger partial charge is 0.481 e. The molecule has 18 heavy (non-hydrogen) atoms. The SMILES string of the molecule is NCC(N=O)C(CC(=O)O)C(O)c1ccccc1. The van der Waals surface area contributed by atoms with E-state index in [-0.39, 0.29) is 13.0 Å². The van der Waals surface area contributed by atoms with Gasteiger partial charge in [0.05, 0.1) is 12.5 Å². The molecule has 0 spiro atoms. The van der Waals surface area contributed by atoms with Crippen LogP contribution in [-0.2, 0) is 4.79 Å². The van der Waals surface area contributed by atoms with Crippen molar-refractivity contribution in [1.82, 2.24) is 0 Å². The normalized spacial score (nSPS) is 15.7. The van der Waals surface area contributed by atoms with Crippen LogP contribution in [0.15, 0.2) is 35.5 Å². The Morgan fingerprint density at radius 3 is 2.39 bits per heavy atom. The van der Waals surface area contributed by atoms with Crippen LogP contribution >= 0.6 is 0 Å². The topological polar surface area (TPSA) is 113 Å². The van der Waals surface area contributed by atoms with Gasteiger partial charge in [-0.3, -0.25) is 4.79 Å². The highest BCUT2D eigenvalue weighted by atomic mass is 16.4. The van der Waals surface area contributed by atoms with Crippen molar-refractivity contribution in [2.45, 2.75) is 18.6 Å². The molecule has 3 unspecified atom stereocenters. The average molecular weight is 252 g/mol. The molecule has 0 fully saturated rings. The highest BCUT2D eigenvalue weighted by Crippen LogP contribution is 2.28. The molecule has 6 nitrogen and oxygen atoms in total. The molecule has 0 aromatic heterocycles. The molecule has 3 atom stereocenters. The van der Waals surface area contributed by atoms with Crippen LogP contribution in [0.3, 0.4) is 0 Å². The molecular formula is C12H16N2O4. The molecule has 1 rings (SSSR count). The predicted octanol–water partition coefficient (Wildman–Crippen LogP) is 0.905. The van der Waals surface area contributed by atoms with Crippen molar-refractivity contribution in [2.24, 2.45) is 16.8 Å². The zero-order valence-electron chi connectivity index (χ0n) is 9.77. The number of aliphatic hydroxyl groups excluding tert-OH is 1. The lowest BCUT2D eigenvalue weighted by molar-refractivity contribution is -0.139. The van der Waals surface area contributed by atoms with Gasteiger partial charge in [0.25, 0.3) is 0 Å². The second-order valence-electron chi connectivity index (χ2n) is 4.03. The summed E-state index contributed by atoms with van der Waals surface area (Å²) in [6.45, 7) is -0.0919. The van der Waals surface area contributed by atoms with Gasteiger partial charge in [-0.1, -0.05) is 35.5 Å². The van der Waals surface area contributed by atoms with Crippen molar-refractivity contribution in [3.05, 3.63) is 40.8 Å². The van der Waals surface area contributed by atoms with E-state index in [1.165, 1.54) is 0 Å². The van der Waals surface area contributed by atoms with Crippen LogP contribution in [0.25, 0.3) is 0 Å². The molecule has 0 radical (unpaired) electrons. The van der Waals surface area contributed by atoms with Gasteiger partial charge >= 0.3 is 5.97 Å². The van der Waals surface area contributed by atoms with Gasteiger partial charge in [-0.25, -0.2) is 0 Å². The minimum Gasteiger partial charge on any atom is -0.481 e. The third-order valence-corrected chi connectivity index (χ3v) is 2.83. The molecule has 0 aliphatic heterocycles. The van der Waals surface area contributed by atoms with Gasteiger partial charge in [0.15, 0.2) is 0 Å². The maximum absolute atomic E-state index is 10.8. The molecule has 1 aromatic rings. The van der Waals surface area contributed by atoms with Crippen molar-refractivity contribution >= 4 is 5.97 Å². The Bertz CT molecular complexity index is 396. The summed E-state index contributed by atoms with van der Waals surface area (Å²) in [5, 5.41) is 21.8. The first-order chi connectivity index (χ1) is 8.60. The second-order valence-corrected chi connectivity index (χ2v) is 4.03. The van der Waals surface area contributed by atoms with E-state index in [1.54, 1.807) is 30.3 Å². The average Bonchev–Trinajstić information content (AvgIpc) is 2.38. The number of benzene rings is 1. The Kier molecular flexibility index (Phi) is 5.41. The van der Waals surface area contributed by atoms with Crippen LogP contribution in [0, 0.1) is 10.8 Å². The molecule has 0 amide bonds. The van der Waals surface area contributed by atoms with Gasteiger partial charge in [0, 0.05) is 12.5 Å². The van der Waals surface area contributed by atoms with Crippen molar-refractivity contribution in [3.63, 3.8) is 0 Å². The number of aliphatic hydroxyl groups is 1. The van der Waals surface area contributed by atoms with Gasteiger partial charge in [-0.05, 0) is 5.56 Å². The molecule has 4 N–H and O–H groups in total. The van der Waals surface area contributed by atoms with Crippen LogP contribution in [0.2, 0.25) is 0 Å². The number of nitroso groups, excluding NO2 is 1. The van der Waals surface area contributed by atoms with E-state index < -0.39 is 24.0 Å². The van der Waals surface area contributed by atoms with Crippen LogP contribution in [0.4, 0.5) is 0 Å². The van der Waals surface area contributed by atoms with Crippen molar-refractivity contribution in [1.29, 1.82) is 0 Å². The maximum atomic E-state index is 10.8. The van der Waals surface area contributed by atoms with E-state index in [9.17, 15) is 14.8 Å². The first-order valence-corrected chi connectivity index (χ1v) is 5.57. The quantitative estimate of drug-likeness (QED) is 0.624. The fourth-order valence-corrected chi connectivity index (χ4v) is 1.85. The number of carboxylic acids is 1. The number of hydrogen-bond acceptors (Lipinski definition) is 5. The van der Waals surface area contributed by atoms with Gasteiger partial charge in [0.1, 0.15) is 6.04 Å². The zero-order valence-corrected chi connectivity index (χ0v) is 9.77. The van der Waals surface area contributed by atoms with E-state index in [1.807, 2.05) is 0 Å². The number of hydrogen-bond donors (Lipinski definition) is 3. The third kappa shape index (κ3) is 3.61. The fraction of sp³-hybridized carbons (Fsp3) is 0.417. The molecule has 0 heterocycles. The second kappa shape index (κ2) is 6.83. The summed E-state index contributed by atoms with van der Waals surface area (Å²) >= 11 is 0. The minimum atomic E-state index is -1.10. The van der Waals surface area contributed by atoms with Gasteiger partial charge in [-0.2, -0.15) is 4.91 Å². The highest BCUT2D eigenvalue weighted by molar-refractivity contribution is 5.67. The summed E-state index contributed by atoms with van der Waals surface area (Å²) in [4.78, 5) is 21.4. The number of nitrogens with two attached hydrogens (primary N) is 1. The molecule has 1 aromatic carbocycles. The molecular weight excluding hydrogens is 236 g/mol. The lowest BCUT2D eigenvalue weighted by Crippen LogP contribution is -2.33. The number of carboxylic acid groups (broad SMARTS) is 1. The summed E-state index contributed by atoms with van der Waals surface area (Å²) < 4.78 is 0. The molecule has 6 heteroatoms.